The molecule has 1 saturated carbocycles. The van der Waals surface area contributed by atoms with Crippen LogP contribution in [0, 0.1) is 6.92 Å². The molecule has 0 atom stereocenters. The molecule has 0 aliphatic heterocycles. The fourth-order valence-corrected chi connectivity index (χ4v) is 1.40. The van der Waals surface area contributed by atoms with Gasteiger partial charge in [0.15, 0.2) is 0 Å². The quantitative estimate of drug-likeness (QED) is 0.552. The lowest BCUT2D eigenvalue weighted by Gasteiger charge is -2.20. The second kappa shape index (κ2) is 3.89. The zero-order valence-corrected chi connectivity index (χ0v) is 5.94. The Morgan fingerprint density at radius 2 is 1.89 bits per heavy atom. The van der Waals surface area contributed by atoms with Crippen LogP contribution < -0.4 is 0 Å². The van der Waals surface area contributed by atoms with E-state index < -0.39 is 0 Å². The van der Waals surface area contributed by atoms with Crippen LogP contribution in [0.1, 0.15) is 32.1 Å². The molecule has 1 rings (SSSR count). The first kappa shape index (κ1) is 7.07. The Morgan fingerprint density at radius 3 is 2.44 bits per heavy atom. The third kappa shape index (κ3) is 2.35. The van der Waals surface area contributed by atoms with Crippen molar-refractivity contribution in [1.82, 2.24) is 0 Å². The fourth-order valence-electron chi connectivity index (χ4n) is 1.40. The third-order valence-electron chi connectivity index (χ3n) is 1.91. The summed E-state index contributed by atoms with van der Waals surface area (Å²) in [5.41, 5.74) is 0. The predicted octanol–water partition coefficient (Wildman–Crippen LogP) is 2.17. The van der Waals surface area contributed by atoms with E-state index >= 15 is 0 Å². The maximum Gasteiger partial charge on any atom is 0.0575 e. The van der Waals surface area contributed by atoms with E-state index in [1.54, 1.807) is 0 Å². The van der Waals surface area contributed by atoms with Gasteiger partial charge in [-0.25, -0.2) is 0 Å². The van der Waals surface area contributed by atoms with Crippen LogP contribution in [-0.2, 0) is 4.74 Å². The van der Waals surface area contributed by atoms with Crippen molar-refractivity contribution in [3.8, 4) is 0 Å². The molecule has 0 aromatic heterocycles. The van der Waals surface area contributed by atoms with Crippen LogP contribution in [0.3, 0.4) is 0 Å². The smallest absolute Gasteiger partial charge is 0.0575 e. The van der Waals surface area contributed by atoms with Gasteiger partial charge in [-0.2, -0.15) is 0 Å². The molecule has 0 bridgehead atoms. The molecule has 0 spiro atoms. The summed E-state index contributed by atoms with van der Waals surface area (Å²) < 4.78 is 5.37. The van der Waals surface area contributed by atoms with Gasteiger partial charge in [0.25, 0.3) is 0 Å². The van der Waals surface area contributed by atoms with E-state index in [-0.39, 0.29) is 0 Å². The minimum atomic E-state index is 0.538. The Morgan fingerprint density at radius 1 is 1.22 bits per heavy atom. The Hall–Kier alpha value is -0.0400. The standard InChI is InChI=1S/C8H15O/c1-2-9-8-6-4-3-5-7-8/h8H,1-7H2. The molecule has 0 heterocycles. The molecule has 9 heavy (non-hydrogen) atoms. The molecule has 1 radical (unpaired) electrons. The van der Waals surface area contributed by atoms with E-state index in [0.717, 1.165) is 0 Å². The van der Waals surface area contributed by atoms with Crippen molar-refractivity contribution in [2.75, 3.05) is 6.61 Å². The minimum absolute atomic E-state index is 0.538. The largest absolute Gasteiger partial charge is 0.378 e. The Bertz CT molecular complexity index is 62.2. The summed E-state index contributed by atoms with van der Waals surface area (Å²) in [7, 11) is 0. The van der Waals surface area contributed by atoms with Crippen LogP contribution >= 0.6 is 0 Å². The van der Waals surface area contributed by atoms with Gasteiger partial charge in [0.05, 0.1) is 6.10 Å². The summed E-state index contributed by atoms with van der Waals surface area (Å²) in [5, 5.41) is 0. The Kier molecular flexibility index (Phi) is 3.05. The Labute approximate surface area is 57.4 Å². The van der Waals surface area contributed by atoms with E-state index in [1.807, 2.05) is 0 Å². The van der Waals surface area contributed by atoms with Gasteiger partial charge in [-0.05, 0) is 19.8 Å². The molecule has 0 unspecified atom stereocenters. The first-order valence-electron chi connectivity index (χ1n) is 3.84. The van der Waals surface area contributed by atoms with Crippen molar-refractivity contribution in [3.63, 3.8) is 0 Å². The molecular formula is C8H15O. The van der Waals surface area contributed by atoms with Crippen molar-refractivity contribution in [2.45, 2.75) is 38.2 Å². The molecule has 53 valence electrons. The summed E-state index contributed by atoms with van der Waals surface area (Å²) in [6, 6.07) is 0. The van der Waals surface area contributed by atoms with E-state index in [4.69, 9.17) is 4.74 Å². The maximum atomic E-state index is 5.37. The molecule has 0 N–H and O–H groups in total. The molecule has 0 aromatic carbocycles. The van der Waals surface area contributed by atoms with Gasteiger partial charge in [-0.3, -0.25) is 0 Å². The molecule has 1 aliphatic rings. The number of ether oxygens (including phenoxy) is 1. The van der Waals surface area contributed by atoms with Crippen LogP contribution in [0.25, 0.3) is 0 Å². The highest BCUT2D eigenvalue weighted by Gasteiger charge is 2.11. The van der Waals surface area contributed by atoms with Crippen LogP contribution in [0.2, 0.25) is 0 Å². The highest BCUT2D eigenvalue weighted by molar-refractivity contribution is 4.64. The number of hydrogen-bond donors (Lipinski definition) is 0. The first-order chi connectivity index (χ1) is 4.43. The van der Waals surface area contributed by atoms with E-state index in [0.29, 0.717) is 12.7 Å². The number of hydrogen-bond acceptors (Lipinski definition) is 1. The maximum absolute atomic E-state index is 5.37. The molecule has 1 fully saturated rings. The normalized spacial score (nSPS) is 22.3. The highest BCUT2D eigenvalue weighted by Crippen LogP contribution is 2.19. The van der Waals surface area contributed by atoms with E-state index in [1.165, 1.54) is 32.1 Å². The summed E-state index contributed by atoms with van der Waals surface area (Å²) in [6.07, 6.45) is 7.16. The molecule has 1 heteroatoms. The van der Waals surface area contributed by atoms with Gasteiger partial charge in [-0.1, -0.05) is 19.3 Å². The molecule has 0 saturated heterocycles. The second-order valence-electron chi connectivity index (χ2n) is 2.63. The predicted molar refractivity (Wildman–Crippen MR) is 38.2 cm³/mol. The second-order valence-corrected chi connectivity index (χ2v) is 2.63. The van der Waals surface area contributed by atoms with Crippen LogP contribution in [0.5, 0.6) is 0 Å². The molecule has 0 aromatic rings. The summed E-state index contributed by atoms with van der Waals surface area (Å²) >= 11 is 0. The van der Waals surface area contributed by atoms with Crippen molar-refractivity contribution >= 4 is 0 Å². The van der Waals surface area contributed by atoms with Gasteiger partial charge in [0, 0.05) is 6.61 Å². The van der Waals surface area contributed by atoms with E-state index in [2.05, 4.69) is 6.92 Å². The average molecular weight is 127 g/mol. The highest BCUT2D eigenvalue weighted by atomic mass is 16.5. The fraction of sp³-hybridized carbons (Fsp3) is 0.875. The zero-order valence-electron chi connectivity index (χ0n) is 5.94. The van der Waals surface area contributed by atoms with Crippen molar-refractivity contribution in [1.29, 1.82) is 0 Å². The lowest BCUT2D eigenvalue weighted by atomic mass is 9.98. The minimum Gasteiger partial charge on any atom is -0.378 e. The van der Waals surface area contributed by atoms with Crippen molar-refractivity contribution in [2.24, 2.45) is 0 Å². The summed E-state index contributed by atoms with van der Waals surface area (Å²) in [6.45, 7) is 4.30. The van der Waals surface area contributed by atoms with E-state index in [9.17, 15) is 0 Å². The topological polar surface area (TPSA) is 9.23 Å². The van der Waals surface area contributed by atoms with Crippen molar-refractivity contribution < 1.29 is 4.74 Å². The van der Waals surface area contributed by atoms with Gasteiger partial charge < -0.3 is 4.74 Å². The SMILES string of the molecule is [CH2]COC1CCCCC1. The van der Waals surface area contributed by atoms with Gasteiger partial charge >= 0.3 is 0 Å². The molecule has 1 aliphatic carbocycles. The van der Waals surface area contributed by atoms with Crippen LogP contribution in [0.15, 0.2) is 0 Å². The Balaban J connectivity index is 2.08. The third-order valence-corrected chi connectivity index (χ3v) is 1.91. The van der Waals surface area contributed by atoms with Gasteiger partial charge in [0.1, 0.15) is 0 Å². The molecule has 1 nitrogen and oxygen atoms in total. The van der Waals surface area contributed by atoms with Gasteiger partial charge in [-0.15, -0.1) is 0 Å². The monoisotopic (exact) mass is 127 g/mol. The molecule has 0 amide bonds. The number of rotatable bonds is 2. The van der Waals surface area contributed by atoms with Crippen molar-refractivity contribution in [3.05, 3.63) is 6.92 Å². The lowest BCUT2D eigenvalue weighted by molar-refractivity contribution is 0.0456. The lowest BCUT2D eigenvalue weighted by Crippen LogP contribution is -2.16. The first-order valence-corrected chi connectivity index (χ1v) is 3.84. The average Bonchev–Trinajstić information content (AvgIpc) is 1.91. The zero-order chi connectivity index (χ0) is 6.53. The molecular weight excluding hydrogens is 112 g/mol. The van der Waals surface area contributed by atoms with Crippen LogP contribution in [-0.4, -0.2) is 12.7 Å². The van der Waals surface area contributed by atoms with Crippen LogP contribution in [0.4, 0.5) is 0 Å². The van der Waals surface area contributed by atoms with Gasteiger partial charge in [0.2, 0.25) is 0 Å². The summed E-state index contributed by atoms with van der Waals surface area (Å²) in [5.74, 6) is 0. The summed E-state index contributed by atoms with van der Waals surface area (Å²) in [4.78, 5) is 0.